The van der Waals surface area contributed by atoms with Crippen molar-refractivity contribution < 1.29 is 13.2 Å². The minimum atomic E-state index is -4.37. The smallest absolute Gasteiger partial charge is 0.369 e. The summed E-state index contributed by atoms with van der Waals surface area (Å²) in [6, 6.07) is 13.5. The van der Waals surface area contributed by atoms with Gasteiger partial charge in [0.15, 0.2) is 0 Å². The molecule has 0 radical (unpaired) electrons. The molecule has 1 aliphatic rings. The summed E-state index contributed by atoms with van der Waals surface area (Å²) in [5.74, 6) is 0.730. The van der Waals surface area contributed by atoms with Gasteiger partial charge >= 0.3 is 6.18 Å². The zero-order chi connectivity index (χ0) is 20.6. The van der Waals surface area contributed by atoms with E-state index in [1.54, 1.807) is 12.3 Å². The van der Waals surface area contributed by atoms with Crippen LogP contribution in [-0.4, -0.2) is 47.7 Å². The highest BCUT2D eigenvalue weighted by Gasteiger charge is 2.30. The van der Waals surface area contributed by atoms with E-state index in [9.17, 15) is 13.2 Å². The van der Waals surface area contributed by atoms with Crippen molar-refractivity contribution in [1.29, 1.82) is 0 Å². The van der Waals surface area contributed by atoms with E-state index in [4.69, 9.17) is 0 Å². The Balaban J connectivity index is 1.65. The van der Waals surface area contributed by atoms with Gasteiger partial charge in [0.25, 0.3) is 0 Å². The molecule has 0 aliphatic carbocycles. The molecule has 29 heavy (non-hydrogen) atoms. The fourth-order valence-corrected chi connectivity index (χ4v) is 3.63. The lowest BCUT2D eigenvalue weighted by molar-refractivity contribution is -0.137. The van der Waals surface area contributed by atoms with Crippen LogP contribution in [0.4, 0.5) is 18.9 Å². The summed E-state index contributed by atoms with van der Waals surface area (Å²) in [4.78, 5) is 9.29. The van der Waals surface area contributed by atoms with Crippen molar-refractivity contribution in [1.82, 2.24) is 14.5 Å². The second-order valence-corrected chi connectivity index (χ2v) is 7.48. The summed E-state index contributed by atoms with van der Waals surface area (Å²) in [6.07, 6.45) is -2.60. The standard InChI is InChI=1S/C22H23F3N4/c1-27-9-11-29(12-10-27)19-8-4-6-17(14-19)21-26-20(15-28(21)2)16-5-3-7-18(13-16)22(23,24)25/h3-8,13-15H,9-12H2,1-2H3. The molecule has 0 bridgehead atoms. The molecule has 2 heterocycles. The van der Waals surface area contributed by atoms with Gasteiger partial charge in [0.05, 0.1) is 11.3 Å². The maximum atomic E-state index is 13.0. The van der Waals surface area contributed by atoms with Crippen molar-refractivity contribution in [3.8, 4) is 22.6 Å². The molecule has 1 fully saturated rings. The van der Waals surface area contributed by atoms with Gasteiger partial charge in [0.1, 0.15) is 5.82 Å². The highest BCUT2D eigenvalue weighted by atomic mass is 19.4. The number of imidazole rings is 1. The van der Waals surface area contributed by atoms with Crippen LogP contribution < -0.4 is 4.90 Å². The van der Waals surface area contributed by atoms with Crippen molar-refractivity contribution in [2.45, 2.75) is 6.18 Å². The van der Waals surface area contributed by atoms with Crippen LogP contribution in [0.3, 0.4) is 0 Å². The predicted octanol–water partition coefficient (Wildman–Crippen LogP) is 4.52. The van der Waals surface area contributed by atoms with E-state index in [-0.39, 0.29) is 0 Å². The number of nitrogens with zero attached hydrogens (tertiary/aromatic N) is 4. The van der Waals surface area contributed by atoms with Gasteiger partial charge in [-0.05, 0) is 31.3 Å². The van der Waals surface area contributed by atoms with Gasteiger partial charge in [-0.2, -0.15) is 13.2 Å². The maximum Gasteiger partial charge on any atom is 0.416 e. The Kier molecular flexibility index (Phi) is 5.08. The minimum Gasteiger partial charge on any atom is -0.369 e. The van der Waals surface area contributed by atoms with E-state index in [0.717, 1.165) is 55.4 Å². The summed E-state index contributed by atoms with van der Waals surface area (Å²) in [5.41, 5.74) is 2.40. The molecule has 0 spiro atoms. The molecular formula is C22H23F3N4. The molecule has 0 atom stereocenters. The Morgan fingerprint density at radius 2 is 1.55 bits per heavy atom. The van der Waals surface area contributed by atoms with Gasteiger partial charge in [0, 0.05) is 56.2 Å². The van der Waals surface area contributed by atoms with Gasteiger partial charge < -0.3 is 14.4 Å². The zero-order valence-electron chi connectivity index (χ0n) is 16.4. The molecule has 0 unspecified atom stereocenters. The highest BCUT2D eigenvalue weighted by molar-refractivity contribution is 5.68. The number of aromatic nitrogens is 2. The van der Waals surface area contributed by atoms with Crippen LogP contribution in [-0.2, 0) is 13.2 Å². The summed E-state index contributed by atoms with van der Waals surface area (Å²) < 4.78 is 41.0. The molecule has 2 aromatic carbocycles. The first kappa shape index (κ1) is 19.5. The Morgan fingerprint density at radius 3 is 2.28 bits per heavy atom. The highest BCUT2D eigenvalue weighted by Crippen LogP contribution is 2.33. The number of benzene rings is 2. The molecule has 0 amide bonds. The number of alkyl halides is 3. The third-order valence-corrected chi connectivity index (χ3v) is 5.33. The van der Waals surface area contributed by atoms with E-state index in [1.165, 1.54) is 6.07 Å². The molecule has 4 nitrogen and oxygen atoms in total. The normalized spacial score (nSPS) is 15.7. The minimum absolute atomic E-state index is 0.455. The zero-order valence-corrected chi connectivity index (χ0v) is 16.4. The average Bonchev–Trinajstić information content (AvgIpc) is 3.10. The summed E-state index contributed by atoms with van der Waals surface area (Å²) in [6.45, 7) is 3.98. The third-order valence-electron chi connectivity index (χ3n) is 5.33. The van der Waals surface area contributed by atoms with Crippen LogP contribution in [0.2, 0.25) is 0 Å². The van der Waals surface area contributed by atoms with Crippen LogP contribution in [0.1, 0.15) is 5.56 Å². The largest absolute Gasteiger partial charge is 0.416 e. The topological polar surface area (TPSA) is 24.3 Å². The van der Waals surface area contributed by atoms with Crippen LogP contribution in [0, 0.1) is 0 Å². The number of hydrogen-bond donors (Lipinski definition) is 0. The summed E-state index contributed by atoms with van der Waals surface area (Å²) in [5, 5.41) is 0. The number of likely N-dealkylation sites (N-methyl/N-ethyl adjacent to an activating group) is 1. The SMILES string of the molecule is CN1CCN(c2cccc(-c3nc(-c4cccc(C(F)(F)F)c4)cn3C)c2)CC1. The molecule has 0 N–H and O–H groups in total. The van der Waals surface area contributed by atoms with Crippen LogP contribution in [0.5, 0.6) is 0 Å². The molecule has 0 saturated carbocycles. The number of rotatable bonds is 3. The number of anilines is 1. The fraction of sp³-hybridized carbons (Fsp3) is 0.318. The van der Waals surface area contributed by atoms with Gasteiger partial charge in [-0.1, -0.05) is 24.3 Å². The molecule has 152 valence electrons. The molecule has 7 heteroatoms. The van der Waals surface area contributed by atoms with E-state index in [0.29, 0.717) is 11.3 Å². The Labute approximate surface area is 168 Å². The first-order chi connectivity index (χ1) is 13.8. The number of halogens is 3. The van der Waals surface area contributed by atoms with Crippen molar-refractivity contribution >= 4 is 5.69 Å². The predicted molar refractivity (Wildman–Crippen MR) is 109 cm³/mol. The second-order valence-electron chi connectivity index (χ2n) is 7.48. The second kappa shape index (κ2) is 7.55. The van der Waals surface area contributed by atoms with Crippen molar-refractivity contribution in [2.24, 2.45) is 7.05 Å². The first-order valence-corrected chi connectivity index (χ1v) is 9.56. The van der Waals surface area contributed by atoms with E-state index < -0.39 is 11.7 Å². The molecule has 4 rings (SSSR count). The molecule has 1 aliphatic heterocycles. The molecule has 1 saturated heterocycles. The average molecular weight is 400 g/mol. The van der Waals surface area contributed by atoms with Crippen molar-refractivity contribution in [2.75, 3.05) is 38.1 Å². The lowest BCUT2D eigenvalue weighted by atomic mass is 10.1. The van der Waals surface area contributed by atoms with Crippen molar-refractivity contribution in [3.63, 3.8) is 0 Å². The van der Waals surface area contributed by atoms with Gasteiger partial charge in [-0.3, -0.25) is 0 Å². The number of aryl methyl sites for hydroxylation is 1. The Hall–Kier alpha value is -2.80. The van der Waals surface area contributed by atoms with E-state index in [1.807, 2.05) is 23.7 Å². The first-order valence-electron chi connectivity index (χ1n) is 9.56. The third kappa shape index (κ3) is 4.15. The monoisotopic (exact) mass is 400 g/mol. The molecular weight excluding hydrogens is 377 g/mol. The lowest BCUT2D eigenvalue weighted by Crippen LogP contribution is -2.44. The number of piperazine rings is 1. The molecule has 1 aromatic heterocycles. The fourth-order valence-electron chi connectivity index (χ4n) is 3.63. The van der Waals surface area contributed by atoms with Crippen LogP contribution in [0.15, 0.2) is 54.7 Å². The molecule has 3 aromatic rings. The summed E-state index contributed by atoms with van der Waals surface area (Å²) in [7, 11) is 3.99. The Bertz CT molecular complexity index is 1000. The quantitative estimate of drug-likeness (QED) is 0.646. The van der Waals surface area contributed by atoms with Gasteiger partial charge in [0.2, 0.25) is 0 Å². The van der Waals surface area contributed by atoms with Crippen LogP contribution >= 0.6 is 0 Å². The maximum absolute atomic E-state index is 13.0. The van der Waals surface area contributed by atoms with Crippen LogP contribution in [0.25, 0.3) is 22.6 Å². The lowest BCUT2D eigenvalue weighted by Gasteiger charge is -2.34. The van der Waals surface area contributed by atoms with Crippen molar-refractivity contribution in [3.05, 3.63) is 60.3 Å². The van der Waals surface area contributed by atoms with E-state index in [2.05, 4.69) is 34.0 Å². The van der Waals surface area contributed by atoms with E-state index >= 15 is 0 Å². The summed E-state index contributed by atoms with van der Waals surface area (Å²) >= 11 is 0. The number of hydrogen-bond acceptors (Lipinski definition) is 3. The Morgan fingerprint density at radius 1 is 0.862 bits per heavy atom. The van der Waals surface area contributed by atoms with Gasteiger partial charge in [-0.15, -0.1) is 0 Å². The van der Waals surface area contributed by atoms with Gasteiger partial charge in [-0.25, -0.2) is 4.98 Å².